The molecule has 2 aromatic heterocycles. The van der Waals surface area contributed by atoms with Crippen LogP contribution in [-0.2, 0) is 19.6 Å². The molecule has 0 aliphatic carbocycles. The summed E-state index contributed by atoms with van der Waals surface area (Å²) in [6.45, 7) is 4.38. The number of rotatable bonds is 4. The summed E-state index contributed by atoms with van der Waals surface area (Å²) >= 11 is 0. The summed E-state index contributed by atoms with van der Waals surface area (Å²) < 4.78 is 3.75. The van der Waals surface area contributed by atoms with Crippen LogP contribution < -0.4 is 11.3 Å². The van der Waals surface area contributed by atoms with Gasteiger partial charge in [-0.15, -0.1) is 10.2 Å². The van der Waals surface area contributed by atoms with E-state index in [1.54, 1.807) is 23.2 Å². The van der Waals surface area contributed by atoms with Gasteiger partial charge in [-0.05, 0) is 12.5 Å². The van der Waals surface area contributed by atoms with Crippen LogP contribution in [-0.4, -0.2) is 37.3 Å². The minimum absolute atomic E-state index is 0.00223. The van der Waals surface area contributed by atoms with E-state index in [1.165, 1.54) is 6.07 Å². The van der Waals surface area contributed by atoms with Crippen LogP contribution in [0.25, 0.3) is 0 Å². The molecule has 0 atom stereocenters. The Morgan fingerprint density at radius 1 is 1.25 bits per heavy atom. The molecule has 106 valence electrons. The highest BCUT2D eigenvalue weighted by Crippen LogP contribution is 2.09. The first-order valence-electron chi connectivity index (χ1n) is 6.77. The number of aromatic nitrogens is 4. The van der Waals surface area contributed by atoms with Crippen LogP contribution in [0.1, 0.15) is 12.2 Å². The predicted molar refractivity (Wildman–Crippen MR) is 75.0 cm³/mol. The van der Waals surface area contributed by atoms with Crippen molar-refractivity contribution in [3.63, 3.8) is 0 Å². The van der Waals surface area contributed by atoms with Crippen LogP contribution in [0.2, 0.25) is 0 Å². The molecule has 0 saturated carbocycles. The van der Waals surface area contributed by atoms with Crippen molar-refractivity contribution in [1.29, 1.82) is 0 Å². The van der Waals surface area contributed by atoms with E-state index in [1.807, 2.05) is 0 Å². The summed E-state index contributed by atoms with van der Waals surface area (Å²) in [5.74, 6) is 1.01. The topological polar surface area (TPSA) is 82.0 Å². The Bertz CT molecular complexity index is 646. The summed E-state index contributed by atoms with van der Waals surface area (Å²) in [6.07, 6.45) is 4.39. The number of nitrogens with two attached hydrogens (primary N) is 1. The maximum atomic E-state index is 11.7. The maximum Gasteiger partial charge on any atom is 0.250 e. The summed E-state index contributed by atoms with van der Waals surface area (Å²) in [5.41, 5.74) is 6.31. The Kier molecular flexibility index (Phi) is 3.51. The fourth-order valence-corrected chi connectivity index (χ4v) is 2.50. The lowest BCUT2D eigenvalue weighted by Crippen LogP contribution is -2.35. The second kappa shape index (κ2) is 5.46. The smallest absolute Gasteiger partial charge is 0.250 e. The van der Waals surface area contributed by atoms with E-state index in [9.17, 15) is 4.79 Å². The Balaban J connectivity index is 1.54. The van der Waals surface area contributed by atoms with Gasteiger partial charge in [-0.3, -0.25) is 9.69 Å². The Morgan fingerprint density at radius 3 is 3.05 bits per heavy atom. The van der Waals surface area contributed by atoms with Crippen molar-refractivity contribution in [3.05, 3.63) is 40.8 Å². The van der Waals surface area contributed by atoms with Crippen LogP contribution in [0.4, 0.5) is 5.69 Å². The minimum Gasteiger partial charge on any atom is -0.398 e. The van der Waals surface area contributed by atoms with Gasteiger partial charge in [0.05, 0.1) is 6.54 Å². The fourth-order valence-electron chi connectivity index (χ4n) is 2.50. The van der Waals surface area contributed by atoms with Crippen molar-refractivity contribution in [2.24, 2.45) is 0 Å². The lowest BCUT2D eigenvalue weighted by Gasteiger charge is -2.26. The van der Waals surface area contributed by atoms with Gasteiger partial charge in [-0.1, -0.05) is 0 Å². The molecule has 20 heavy (non-hydrogen) atoms. The van der Waals surface area contributed by atoms with Crippen LogP contribution in [0.3, 0.4) is 0 Å². The lowest BCUT2D eigenvalue weighted by atomic mass is 10.3. The maximum absolute atomic E-state index is 11.7. The largest absolute Gasteiger partial charge is 0.398 e. The normalized spacial score (nSPS) is 15.2. The van der Waals surface area contributed by atoms with E-state index in [4.69, 9.17) is 5.73 Å². The van der Waals surface area contributed by atoms with E-state index < -0.39 is 0 Å². The molecule has 3 rings (SSSR count). The second-order valence-electron chi connectivity index (χ2n) is 5.06. The Labute approximate surface area is 116 Å². The third-order valence-corrected chi connectivity index (χ3v) is 3.60. The standard InChI is InChI=1S/C13H18N6O/c14-11-2-3-13(20)18(8-11)5-1-4-17-6-7-19-10-15-16-12(19)9-17/h2-3,8,10H,1,4-7,9,14H2. The zero-order valence-corrected chi connectivity index (χ0v) is 11.3. The highest BCUT2D eigenvalue weighted by Gasteiger charge is 2.16. The highest BCUT2D eigenvalue weighted by atomic mass is 16.1. The van der Waals surface area contributed by atoms with Gasteiger partial charge in [0, 0.05) is 44.1 Å². The molecule has 0 saturated heterocycles. The fraction of sp³-hybridized carbons (Fsp3) is 0.462. The average molecular weight is 274 g/mol. The minimum atomic E-state index is -0.00223. The van der Waals surface area contributed by atoms with Gasteiger partial charge in [0.25, 0.3) is 5.56 Å². The Hall–Kier alpha value is -2.15. The van der Waals surface area contributed by atoms with Gasteiger partial charge in [0.15, 0.2) is 0 Å². The SMILES string of the molecule is Nc1ccc(=O)n(CCCN2CCn3cnnc3C2)c1. The molecule has 7 heteroatoms. The number of pyridine rings is 1. The Morgan fingerprint density at radius 2 is 2.15 bits per heavy atom. The molecule has 0 unspecified atom stereocenters. The lowest BCUT2D eigenvalue weighted by molar-refractivity contribution is 0.211. The summed E-state index contributed by atoms with van der Waals surface area (Å²) in [4.78, 5) is 14.0. The first-order valence-corrected chi connectivity index (χ1v) is 6.77. The summed E-state index contributed by atoms with van der Waals surface area (Å²) in [6, 6.07) is 3.15. The zero-order chi connectivity index (χ0) is 13.9. The molecule has 0 aromatic carbocycles. The van der Waals surface area contributed by atoms with Crippen molar-refractivity contribution in [2.45, 2.75) is 26.1 Å². The van der Waals surface area contributed by atoms with E-state index in [2.05, 4.69) is 19.7 Å². The predicted octanol–water partition coefficient (Wildman–Crippen LogP) is -0.0721. The van der Waals surface area contributed by atoms with Gasteiger partial charge < -0.3 is 14.9 Å². The van der Waals surface area contributed by atoms with Crippen molar-refractivity contribution >= 4 is 5.69 Å². The van der Waals surface area contributed by atoms with E-state index in [-0.39, 0.29) is 5.56 Å². The van der Waals surface area contributed by atoms with Gasteiger partial charge >= 0.3 is 0 Å². The molecular weight excluding hydrogens is 256 g/mol. The molecular formula is C13H18N6O. The van der Waals surface area contributed by atoms with Crippen molar-refractivity contribution in [1.82, 2.24) is 24.2 Å². The monoisotopic (exact) mass is 274 g/mol. The molecule has 1 aliphatic heterocycles. The van der Waals surface area contributed by atoms with Gasteiger partial charge in [-0.2, -0.15) is 0 Å². The average Bonchev–Trinajstić information content (AvgIpc) is 2.90. The number of aryl methyl sites for hydroxylation is 1. The van der Waals surface area contributed by atoms with Crippen molar-refractivity contribution in [3.8, 4) is 0 Å². The number of anilines is 1. The summed E-state index contributed by atoms with van der Waals surface area (Å²) in [5, 5.41) is 8.01. The molecule has 1 aliphatic rings. The van der Waals surface area contributed by atoms with Crippen LogP contribution in [0.15, 0.2) is 29.5 Å². The van der Waals surface area contributed by atoms with Gasteiger partial charge in [0.1, 0.15) is 12.2 Å². The third kappa shape index (κ3) is 2.72. The second-order valence-corrected chi connectivity index (χ2v) is 5.06. The zero-order valence-electron chi connectivity index (χ0n) is 11.3. The van der Waals surface area contributed by atoms with Crippen LogP contribution >= 0.6 is 0 Å². The number of hydrogen-bond donors (Lipinski definition) is 1. The van der Waals surface area contributed by atoms with Crippen LogP contribution in [0, 0.1) is 0 Å². The number of fused-ring (bicyclic) bond motifs is 1. The molecule has 2 N–H and O–H groups in total. The number of hydrogen-bond acceptors (Lipinski definition) is 5. The molecule has 3 heterocycles. The quantitative estimate of drug-likeness (QED) is 0.844. The molecule has 0 fully saturated rings. The molecule has 0 spiro atoms. The van der Waals surface area contributed by atoms with E-state index in [0.717, 1.165) is 38.4 Å². The highest BCUT2D eigenvalue weighted by molar-refractivity contribution is 5.33. The molecule has 0 radical (unpaired) electrons. The molecule has 0 bridgehead atoms. The van der Waals surface area contributed by atoms with Gasteiger partial charge in [0.2, 0.25) is 0 Å². The third-order valence-electron chi connectivity index (χ3n) is 3.60. The first kappa shape index (κ1) is 12.9. The number of nitrogens with zero attached hydrogens (tertiary/aromatic N) is 5. The van der Waals surface area contributed by atoms with E-state index >= 15 is 0 Å². The van der Waals surface area contributed by atoms with Gasteiger partial charge in [-0.25, -0.2) is 0 Å². The number of nitrogen functional groups attached to an aromatic ring is 1. The van der Waals surface area contributed by atoms with E-state index in [0.29, 0.717) is 12.2 Å². The van der Waals surface area contributed by atoms with Crippen LogP contribution in [0.5, 0.6) is 0 Å². The molecule has 2 aromatic rings. The molecule has 0 amide bonds. The van der Waals surface area contributed by atoms with Crippen molar-refractivity contribution in [2.75, 3.05) is 18.8 Å². The first-order chi connectivity index (χ1) is 9.72. The molecule has 7 nitrogen and oxygen atoms in total. The van der Waals surface area contributed by atoms with Crippen molar-refractivity contribution < 1.29 is 0 Å². The summed E-state index contributed by atoms with van der Waals surface area (Å²) in [7, 11) is 0.